The number of rotatable bonds is 1. The first kappa shape index (κ1) is 10.6. The van der Waals surface area contributed by atoms with Crippen LogP contribution in [0.4, 0.5) is 0 Å². The number of aryl methyl sites for hydroxylation is 1. The van der Waals surface area contributed by atoms with Crippen molar-refractivity contribution in [3.05, 3.63) is 20.2 Å². The first-order valence-corrected chi connectivity index (χ1v) is 6.33. The molecule has 1 saturated carbocycles. The maximum atomic E-state index is 6.04. The Kier molecular flexibility index (Phi) is 3.27. The van der Waals surface area contributed by atoms with Crippen molar-refractivity contribution in [1.82, 2.24) is 9.97 Å². The van der Waals surface area contributed by atoms with E-state index in [4.69, 9.17) is 11.6 Å². The third-order valence-corrected chi connectivity index (χ3v) is 4.35. The Labute approximate surface area is 103 Å². The van der Waals surface area contributed by atoms with E-state index in [0.717, 1.165) is 9.39 Å². The van der Waals surface area contributed by atoms with E-state index in [1.54, 1.807) is 0 Å². The largest absolute Gasteiger partial charge is 0.237 e. The number of halogens is 2. The third kappa shape index (κ3) is 2.03. The van der Waals surface area contributed by atoms with E-state index in [0.29, 0.717) is 11.1 Å². The average molecular weight is 323 g/mol. The molecule has 0 amide bonds. The summed E-state index contributed by atoms with van der Waals surface area (Å²) in [5.41, 5.74) is 1.17. The van der Waals surface area contributed by atoms with Gasteiger partial charge in [0.1, 0.15) is 11.0 Å². The fourth-order valence-electron chi connectivity index (χ4n) is 2.01. The molecule has 1 aliphatic rings. The summed E-state index contributed by atoms with van der Waals surface area (Å²) in [4.78, 5) is 8.66. The van der Waals surface area contributed by atoms with E-state index in [1.165, 1.54) is 31.4 Å². The minimum Gasteiger partial charge on any atom is -0.237 e. The van der Waals surface area contributed by atoms with Crippen LogP contribution in [0.2, 0.25) is 5.15 Å². The standard InChI is InChI=1S/C10H12ClIN2/c1-6-13-9(7-4-2-3-5-7)8(12)10(11)14-6/h7H,2-5H2,1H3. The summed E-state index contributed by atoms with van der Waals surface area (Å²) >= 11 is 8.29. The topological polar surface area (TPSA) is 25.8 Å². The van der Waals surface area contributed by atoms with Gasteiger partial charge in [0.05, 0.1) is 9.26 Å². The van der Waals surface area contributed by atoms with Gasteiger partial charge in [-0.05, 0) is 42.4 Å². The zero-order valence-corrected chi connectivity index (χ0v) is 11.0. The first-order chi connectivity index (χ1) is 6.68. The molecular weight excluding hydrogens is 310 g/mol. The smallest absolute Gasteiger partial charge is 0.146 e. The monoisotopic (exact) mass is 322 g/mol. The molecule has 0 saturated heterocycles. The Morgan fingerprint density at radius 3 is 2.57 bits per heavy atom. The summed E-state index contributed by atoms with van der Waals surface area (Å²) in [6.45, 7) is 1.90. The molecule has 76 valence electrons. The average Bonchev–Trinajstić information content (AvgIpc) is 2.63. The normalized spacial score (nSPS) is 17.6. The van der Waals surface area contributed by atoms with Gasteiger partial charge in [-0.2, -0.15) is 0 Å². The van der Waals surface area contributed by atoms with Gasteiger partial charge in [-0.15, -0.1) is 0 Å². The summed E-state index contributed by atoms with van der Waals surface area (Å²) in [5.74, 6) is 1.40. The molecule has 0 spiro atoms. The van der Waals surface area contributed by atoms with Crippen LogP contribution in [0, 0.1) is 10.5 Å². The minimum atomic E-state index is 0.611. The molecule has 1 fully saturated rings. The molecular formula is C10H12ClIN2. The molecule has 0 aliphatic heterocycles. The summed E-state index contributed by atoms with van der Waals surface area (Å²) in [7, 11) is 0. The molecule has 1 aromatic heterocycles. The molecule has 1 heterocycles. The van der Waals surface area contributed by atoms with E-state index < -0.39 is 0 Å². The van der Waals surface area contributed by atoms with Gasteiger partial charge in [0.15, 0.2) is 0 Å². The van der Waals surface area contributed by atoms with Gasteiger partial charge in [0.25, 0.3) is 0 Å². The van der Waals surface area contributed by atoms with E-state index >= 15 is 0 Å². The molecule has 0 radical (unpaired) electrons. The van der Waals surface area contributed by atoms with Gasteiger partial charge in [0.2, 0.25) is 0 Å². The Morgan fingerprint density at radius 2 is 1.93 bits per heavy atom. The highest BCUT2D eigenvalue weighted by Crippen LogP contribution is 2.36. The van der Waals surface area contributed by atoms with Crippen molar-refractivity contribution in [2.24, 2.45) is 0 Å². The van der Waals surface area contributed by atoms with Crippen molar-refractivity contribution in [1.29, 1.82) is 0 Å². The van der Waals surface area contributed by atoms with Crippen molar-refractivity contribution in [2.45, 2.75) is 38.5 Å². The Morgan fingerprint density at radius 1 is 1.29 bits per heavy atom. The van der Waals surface area contributed by atoms with Crippen molar-refractivity contribution in [3.8, 4) is 0 Å². The number of aromatic nitrogens is 2. The van der Waals surface area contributed by atoms with Gasteiger partial charge < -0.3 is 0 Å². The zero-order chi connectivity index (χ0) is 10.1. The SMILES string of the molecule is Cc1nc(Cl)c(I)c(C2CCCC2)n1. The Hall–Kier alpha value is 0.1000. The van der Waals surface area contributed by atoms with Gasteiger partial charge in [0, 0.05) is 5.92 Å². The fourth-order valence-corrected chi connectivity index (χ4v) is 2.92. The molecule has 0 bridgehead atoms. The molecule has 0 unspecified atom stereocenters. The van der Waals surface area contributed by atoms with Crippen LogP contribution in [0.5, 0.6) is 0 Å². The predicted octanol–water partition coefficient (Wildman–Crippen LogP) is 3.70. The van der Waals surface area contributed by atoms with Gasteiger partial charge >= 0.3 is 0 Å². The quantitative estimate of drug-likeness (QED) is 0.582. The molecule has 2 rings (SSSR count). The van der Waals surface area contributed by atoms with Crippen molar-refractivity contribution < 1.29 is 0 Å². The Bertz CT molecular complexity index is 348. The maximum Gasteiger partial charge on any atom is 0.146 e. The van der Waals surface area contributed by atoms with Crippen molar-refractivity contribution in [2.75, 3.05) is 0 Å². The molecule has 0 N–H and O–H groups in total. The second-order valence-electron chi connectivity index (χ2n) is 3.74. The van der Waals surface area contributed by atoms with Crippen LogP contribution in [0.3, 0.4) is 0 Å². The number of hydrogen-bond acceptors (Lipinski definition) is 2. The molecule has 1 aromatic rings. The van der Waals surface area contributed by atoms with Crippen molar-refractivity contribution >= 4 is 34.2 Å². The van der Waals surface area contributed by atoms with Crippen molar-refractivity contribution in [3.63, 3.8) is 0 Å². The summed E-state index contributed by atoms with van der Waals surface area (Å²) in [6, 6.07) is 0. The first-order valence-electron chi connectivity index (χ1n) is 4.88. The van der Waals surface area contributed by atoms with Gasteiger partial charge in [-0.25, -0.2) is 9.97 Å². The molecule has 14 heavy (non-hydrogen) atoms. The third-order valence-electron chi connectivity index (χ3n) is 2.69. The summed E-state index contributed by atoms with van der Waals surface area (Å²) < 4.78 is 1.04. The van der Waals surface area contributed by atoms with Crippen LogP contribution in [-0.2, 0) is 0 Å². The summed E-state index contributed by atoms with van der Waals surface area (Å²) in [6.07, 6.45) is 5.15. The number of nitrogens with zero attached hydrogens (tertiary/aromatic N) is 2. The zero-order valence-electron chi connectivity index (χ0n) is 8.06. The van der Waals surface area contributed by atoms with Crippen LogP contribution in [0.15, 0.2) is 0 Å². The lowest BCUT2D eigenvalue weighted by molar-refractivity contribution is 0.683. The second kappa shape index (κ2) is 4.31. The lowest BCUT2D eigenvalue weighted by atomic mass is 10.0. The Balaban J connectivity index is 2.40. The van der Waals surface area contributed by atoms with E-state index in [2.05, 4.69) is 32.6 Å². The van der Waals surface area contributed by atoms with Crippen LogP contribution in [-0.4, -0.2) is 9.97 Å². The van der Waals surface area contributed by atoms with Crippen LogP contribution in [0.25, 0.3) is 0 Å². The highest BCUT2D eigenvalue weighted by atomic mass is 127. The maximum absolute atomic E-state index is 6.04. The highest BCUT2D eigenvalue weighted by molar-refractivity contribution is 14.1. The molecule has 0 atom stereocenters. The molecule has 0 aromatic carbocycles. The predicted molar refractivity (Wildman–Crippen MR) is 65.7 cm³/mol. The molecule has 2 nitrogen and oxygen atoms in total. The van der Waals surface area contributed by atoms with Crippen LogP contribution >= 0.6 is 34.2 Å². The van der Waals surface area contributed by atoms with E-state index in [-0.39, 0.29) is 0 Å². The minimum absolute atomic E-state index is 0.611. The highest BCUT2D eigenvalue weighted by Gasteiger charge is 2.22. The van der Waals surface area contributed by atoms with Crippen LogP contribution in [0.1, 0.15) is 43.1 Å². The lowest BCUT2D eigenvalue weighted by Crippen LogP contribution is -2.04. The van der Waals surface area contributed by atoms with Gasteiger partial charge in [-0.1, -0.05) is 24.4 Å². The van der Waals surface area contributed by atoms with E-state index in [1.807, 2.05) is 6.92 Å². The van der Waals surface area contributed by atoms with Gasteiger partial charge in [-0.3, -0.25) is 0 Å². The molecule has 4 heteroatoms. The summed E-state index contributed by atoms with van der Waals surface area (Å²) in [5, 5.41) is 0.611. The van der Waals surface area contributed by atoms with E-state index in [9.17, 15) is 0 Å². The number of hydrogen-bond donors (Lipinski definition) is 0. The fraction of sp³-hybridized carbons (Fsp3) is 0.600. The lowest BCUT2D eigenvalue weighted by Gasteiger charge is -2.11. The van der Waals surface area contributed by atoms with Crippen LogP contribution < -0.4 is 0 Å². The molecule has 1 aliphatic carbocycles. The second-order valence-corrected chi connectivity index (χ2v) is 5.18.